The zero-order chi connectivity index (χ0) is 37.9. The third-order valence-electron chi connectivity index (χ3n) is 3.51. The Morgan fingerprint density at radius 1 is 0.408 bits per heavy atom. The minimum Gasteiger partial charge on any atom is -0.549 e. The van der Waals surface area contributed by atoms with E-state index >= 15 is 0 Å². The van der Waals surface area contributed by atoms with Crippen LogP contribution in [-0.2, 0) is 57.0 Å². The molecule has 0 aliphatic carbocycles. The predicted molar refractivity (Wildman–Crippen MR) is 184 cm³/mol. The summed E-state index contributed by atoms with van der Waals surface area (Å²) in [6.45, 7) is 8.25. The normalized spacial score (nSPS) is 9.24. The van der Waals surface area contributed by atoms with E-state index in [2.05, 4.69) is 37.9 Å². The summed E-state index contributed by atoms with van der Waals surface area (Å²) in [4.78, 5) is 27.5. The fourth-order valence-electron chi connectivity index (χ4n) is 1.59. The number of thiol groups is 3. The number of ether oxygens (including phenoxy) is 9. The van der Waals surface area contributed by atoms with Gasteiger partial charge in [0.05, 0.1) is 137 Å². The standard InChI is InChI=1S/3C7H16O4.3C2H4O2S.Sb/c3*1-9-4-5-11-7-6-10-3-2-8;3*3-2(4)1-5;/h3*8H,2-7H2,1H3;3*5H,1H2,(H,3,4);/q;;;;;;+3/p-3. The van der Waals surface area contributed by atoms with E-state index < -0.39 is 17.9 Å². The second-order valence-corrected chi connectivity index (χ2v) is 8.36. The van der Waals surface area contributed by atoms with Crippen LogP contribution < -0.4 is 15.3 Å². The molecule has 0 rings (SSSR count). The number of carbonyl (C=O) groups excluding carboxylic acids is 3. The Labute approximate surface area is 324 Å². The molecule has 296 valence electrons. The molecule has 18 nitrogen and oxygen atoms in total. The van der Waals surface area contributed by atoms with Gasteiger partial charge in [-0.2, -0.15) is 37.9 Å². The Morgan fingerprint density at radius 2 is 0.551 bits per heavy atom. The number of hydrogen-bond acceptors (Lipinski definition) is 21. The van der Waals surface area contributed by atoms with Crippen molar-refractivity contribution in [3.05, 3.63) is 0 Å². The van der Waals surface area contributed by atoms with E-state index in [1.54, 1.807) is 21.3 Å². The first-order valence-corrected chi connectivity index (χ1v) is 16.1. The summed E-state index contributed by atoms with van der Waals surface area (Å²) in [5.74, 6) is -3.98. The Hall–Kier alpha value is -0.202. The van der Waals surface area contributed by atoms with E-state index in [4.69, 9.17) is 58.0 Å². The quantitative estimate of drug-likeness (QED) is 0.0256. The van der Waals surface area contributed by atoms with Crippen molar-refractivity contribution in [2.24, 2.45) is 0 Å². The van der Waals surface area contributed by atoms with Crippen LogP contribution in [0, 0.1) is 0 Å². The second kappa shape index (κ2) is 69.5. The molecule has 0 aliphatic rings. The van der Waals surface area contributed by atoms with Crippen LogP contribution in [0.4, 0.5) is 0 Å². The molecular weight excluding hydrogens is 830 g/mol. The van der Waals surface area contributed by atoms with Crippen LogP contribution in [0.3, 0.4) is 0 Å². The van der Waals surface area contributed by atoms with Crippen molar-refractivity contribution < 1.29 is 87.7 Å². The van der Waals surface area contributed by atoms with Crippen LogP contribution in [0.2, 0.25) is 0 Å². The maximum absolute atomic E-state index is 9.18. The molecule has 0 spiro atoms. The summed E-state index contributed by atoms with van der Waals surface area (Å²) in [7, 11) is 4.89. The van der Waals surface area contributed by atoms with Crippen molar-refractivity contribution in [1.29, 1.82) is 0 Å². The third-order valence-corrected chi connectivity index (χ3v) is 4.28. The van der Waals surface area contributed by atoms with Gasteiger partial charge in [-0.3, -0.25) is 0 Å². The summed E-state index contributed by atoms with van der Waals surface area (Å²) < 4.78 is 44.4. The third kappa shape index (κ3) is 113. The second-order valence-electron chi connectivity index (χ2n) is 7.41. The number of aliphatic carboxylic acids is 3. The van der Waals surface area contributed by atoms with Crippen molar-refractivity contribution >= 4 is 80.2 Å². The Morgan fingerprint density at radius 3 is 0.673 bits per heavy atom. The molecule has 0 saturated heterocycles. The number of carboxylic acids is 3. The number of carboxylic acid groups (broad SMARTS) is 3. The zero-order valence-electron chi connectivity index (χ0n) is 28.6. The van der Waals surface area contributed by atoms with Crippen molar-refractivity contribution in [3.8, 4) is 0 Å². The van der Waals surface area contributed by atoms with Crippen LogP contribution in [0.15, 0.2) is 0 Å². The molecule has 49 heavy (non-hydrogen) atoms. The molecule has 0 atom stereocenters. The molecule has 0 heterocycles. The predicted octanol–water partition coefficient (Wildman–Crippen LogP) is -5.41. The van der Waals surface area contributed by atoms with Gasteiger partial charge in [-0.25, -0.2) is 0 Å². The topological polar surface area (TPSA) is 264 Å². The van der Waals surface area contributed by atoms with Gasteiger partial charge in [0.2, 0.25) is 0 Å². The van der Waals surface area contributed by atoms with E-state index in [9.17, 15) is 29.7 Å². The summed E-state index contributed by atoms with van der Waals surface area (Å²) in [6.07, 6.45) is 0. The molecule has 0 aromatic rings. The largest absolute Gasteiger partial charge is 3.00 e. The smallest absolute Gasteiger partial charge is 0.549 e. The van der Waals surface area contributed by atoms with Gasteiger partial charge in [-0.15, -0.1) is 0 Å². The summed E-state index contributed by atoms with van der Waals surface area (Å²) in [5, 5.41) is 52.5. The average molecular weight is 888 g/mol. The molecule has 0 aliphatic heterocycles. The van der Waals surface area contributed by atoms with Gasteiger partial charge in [0.25, 0.3) is 0 Å². The first-order chi connectivity index (χ1) is 23.1. The molecule has 3 N–H and O–H groups in total. The average Bonchev–Trinajstić information content (AvgIpc) is 3.08. The summed E-state index contributed by atoms with van der Waals surface area (Å²) >= 11 is 10.1. The van der Waals surface area contributed by atoms with Crippen molar-refractivity contribution in [2.75, 3.05) is 158 Å². The minimum atomic E-state index is -1.13. The first kappa shape index (κ1) is 63.8. The Kier molecular flexibility index (Phi) is 90.6. The molecule has 22 heteroatoms. The van der Waals surface area contributed by atoms with Crippen LogP contribution in [0.1, 0.15) is 0 Å². The van der Waals surface area contributed by atoms with Crippen LogP contribution in [-0.4, -0.2) is 215 Å². The van der Waals surface area contributed by atoms with E-state index in [-0.39, 0.29) is 61.5 Å². The number of methoxy groups -OCH3 is 3. The Bertz CT molecular complexity index is 491. The van der Waals surface area contributed by atoms with Gasteiger partial charge in [0, 0.05) is 38.6 Å². The van der Waals surface area contributed by atoms with Crippen LogP contribution in [0.25, 0.3) is 0 Å². The van der Waals surface area contributed by atoms with Crippen LogP contribution >= 0.6 is 37.9 Å². The summed E-state index contributed by atoms with van der Waals surface area (Å²) in [6, 6.07) is 0. The van der Waals surface area contributed by atoms with Crippen LogP contribution in [0.5, 0.6) is 0 Å². The van der Waals surface area contributed by atoms with Crippen molar-refractivity contribution in [1.82, 2.24) is 0 Å². The van der Waals surface area contributed by atoms with Gasteiger partial charge >= 0.3 is 24.4 Å². The molecule has 0 fully saturated rings. The van der Waals surface area contributed by atoms with E-state index in [0.29, 0.717) is 99.1 Å². The summed E-state index contributed by atoms with van der Waals surface area (Å²) in [5.41, 5.74) is 0. The molecular formula is C27H57O18S3Sb. The Balaban J connectivity index is -0.0000000892. The van der Waals surface area contributed by atoms with Gasteiger partial charge in [0.15, 0.2) is 0 Å². The molecule has 2 radical (unpaired) electrons. The molecule has 0 saturated carbocycles. The zero-order valence-corrected chi connectivity index (χ0v) is 33.8. The fourth-order valence-corrected chi connectivity index (χ4v) is 1.59. The van der Waals surface area contributed by atoms with Gasteiger partial charge in [-0.1, -0.05) is 0 Å². The molecule has 0 aromatic heterocycles. The van der Waals surface area contributed by atoms with E-state index in [1.165, 1.54) is 0 Å². The van der Waals surface area contributed by atoms with Crippen molar-refractivity contribution in [3.63, 3.8) is 0 Å². The first-order valence-electron chi connectivity index (χ1n) is 14.2. The van der Waals surface area contributed by atoms with E-state index in [0.717, 1.165) is 0 Å². The maximum atomic E-state index is 9.18. The van der Waals surface area contributed by atoms with Gasteiger partial charge in [-0.05, 0) is 0 Å². The minimum absolute atomic E-state index is 0. The van der Waals surface area contributed by atoms with E-state index in [1.807, 2.05) is 0 Å². The van der Waals surface area contributed by atoms with Gasteiger partial charge in [0.1, 0.15) is 0 Å². The number of rotatable bonds is 27. The molecule has 0 aromatic carbocycles. The SMILES string of the molecule is COCCOCCOCCO.COCCOCCOCCO.COCCOCCOCCO.O=C([O-])CS.O=C([O-])CS.O=C([O-])CS.[Sb+3]. The number of aliphatic hydroxyl groups is 3. The number of carbonyl (C=O) groups is 3. The molecule has 0 bridgehead atoms. The molecule has 0 amide bonds. The molecule has 0 unspecified atom stereocenters. The fraction of sp³-hybridized carbons (Fsp3) is 0.889. The maximum Gasteiger partial charge on any atom is 3.00 e. The number of hydrogen-bond donors (Lipinski definition) is 6. The monoisotopic (exact) mass is 886 g/mol. The number of aliphatic hydroxyl groups excluding tert-OH is 3. The van der Waals surface area contributed by atoms with Gasteiger partial charge < -0.3 is 87.7 Å². The van der Waals surface area contributed by atoms with Crippen molar-refractivity contribution in [2.45, 2.75) is 0 Å².